The normalized spacial score (nSPS) is 11.7. The highest BCUT2D eigenvalue weighted by atomic mass is 32.1. The molecule has 2 heterocycles. The van der Waals surface area contributed by atoms with Crippen LogP contribution in [0.5, 0.6) is 0 Å². The molecule has 0 aliphatic heterocycles. The average Bonchev–Trinajstić information content (AvgIpc) is 2.98. The zero-order chi connectivity index (χ0) is 15.4. The number of carbonyl (C=O) groups is 1. The highest BCUT2D eigenvalue weighted by Crippen LogP contribution is 2.24. The summed E-state index contributed by atoms with van der Waals surface area (Å²) in [6, 6.07) is 0. The van der Waals surface area contributed by atoms with Crippen molar-refractivity contribution in [2.45, 2.75) is 40.5 Å². The van der Waals surface area contributed by atoms with Gasteiger partial charge in [-0.3, -0.25) is 9.20 Å². The molecule has 0 aliphatic carbocycles. The van der Waals surface area contributed by atoms with Gasteiger partial charge < -0.3 is 4.90 Å². The van der Waals surface area contributed by atoms with Gasteiger partial charge in [0.1, 0.15) is 5.69 Å². The Labute approximate surface area is 130 Å². The van der Waals surface area contributed by atoms with E-state index in [1.807, 2.05) is 16.0 Å². The highest BCUT2D eigenvalue weighted by Gasteiger charge is 2.19. The minimum Gasteiger partial charge on any atom is -0.355 e. The van der Waals surface area contributed by atoms with Gasteiger partial charge in [0.25, 0.3) is 0 Å². The summed E-state index contributed by atoms with van der Waals surface area (Å²) in [6.45, 7) is 10.8. The predicted octanol–water partition coefficient (Wildman–Crippen LogP) is 4.11. The average molecular weight is 307 g/mol. The maximum absolute atomic E-state index is 11.5. The standard InChI is InChI=1S/C16H25N3OS/c1-12(2)5-7-18(8-6-13(3)4)15-14(11-20)19-9-10-21-16(19)17-15/h9-13H,5-8H2,1-4H3. The summed E-state index contributed by atoms with van der Waals surface area (Å²) in [5.74, 6) is 2.14. The molecule has 4 nitrogen and oxygen atoms in total. The number of anilines is 1. The van der Waals surface area contributed by atoms with Crippen LogP contribution < -0.4 is 4.90 Å². The molecule has 21 heavy (non-hydrogen) atoms. The molecule has 0 unspecified atom stereocenters. The van der Waals surface area contributed by atoms with E-state index in [4.69, 9.17) is 0 Å². The molecule has 0 spiro atoms. The summed E-state index contributed by atoms with van der Waals surface area (Å²) >= 11 is 1.57. The molecule has 0 N–H and O–H groups in total. The van der Waals surface area contributed by atoms with Gasteiger partial charge in [-0.25, -0.2) is 4.98 Å². The van der Waals surface area contributed by atoms with Crippen molar-refractivity contribution in [2.75, 3.05) is 18.0 Å². The Morgan fingerprint density at radius 2 is 1.86 bits per heavy atom. The summed E-state index contributed by atoms with van der Waals surface area (Å²) < 4.78 is 1.89. The Kier molecular flexibility index (Phi) is 5.39. The van der Waals surface area contributed by atoms with E-state index in [-0.39, 0.29) is 0 Å². The van der Waals surface area contributed by atoms with Gasteiger partial charge in [0, 0.05) is 24.7 Å². The number of carbonyl (C=O) groups excluding carboxylic acids is 1. The molecular weight excluding hydrogens is 282 g/mol. The van der Waals surface area contributed by atoms with Crippen molar-refractivity contribution in [3.63, 3.8) is 0 Å². The molecule has 0 saturated carbocycles. The van der Waals surface area contributed by atoms with Crippen LogP contribution in [0.2, 0.25) is 0 Å². The summed E-state index contributed by atoms with van der Waals surface area (Å²) in [6.07, 6.45) is 5.08. The smallest absolute Gasteiger partial charge is 0.196 e. The van der Waals surface area contributed by atoms with Gasteiger partial charge in [0.15, 0.2) is 17.1 Å². The van der Waals surface area contributed by atoms with Crippen LogP contribution in [-0.2, 0) is 0 Å². The molecule has 0 amide bonds. The Morgan fingerprint density at radius 3 is 2.38 bits per heavy atom. The first kappa shape index (κ1) is 16.0. The van der Waals surface area contributed by atoms with Crippen LogP contribution in [-0.4, -0.2) is 28.8 Å². The number of rotatable bonds is 8. The third-order valence-corrected chi connectivity index (χ3v) is 4.40. The van der Waals surface area contributed by atoms with Crippen molar-refractivity contribution in [3.05, 3.63) is 17.3 Å². The zero-order valence-corrected chi connectivity index (χ0v) is 14.2. The first-order valence-corrected chi connectivity index (χ1v) is 8.56. The van der Waals surface area contributed by atoms with Crippen molar-refractivity contribution in [1.82, 2.24) is 9.38 Å². The van der Waals surface area contributed by atoms with E-state index in [0.29, 0.717) is 17.5 Å². The van der Waals surface area contributed by atoms with Gasteiger partial charge in [0.05, 0.1) is 0 Å². The van der Waals surface area contributed by atoms with E-state index in [1.165, 1.54) is 0 Å². The summed E-state index contributed by atoms with van der Waals surface area (Å²) in [5, 5.41) is 1.96. The van der Waals surface area contributed by atoms with E-state index in [9.17, 15) is 4.79 Å². The van der Waals surface area contributed by atoms with Crippen molar-refractivity contribution in [2.24, 2.45) is 11.8 Å². The number of nitrogens with zero attached hydrogens (tertiary/aromatic N) is 3. The van der Waals surface area contributed by atoms with Gasteiger partial charge in [-0.2, -0.15) is 0 Å². The number of aldehydes is 1. The van der Waals surface area contributed by atoms with Crippen LogP contribution in [0.25, 0.3) is 4.96 Å². The van der Waals surface area contributed by atoms with E-state index in [0.717, 1.165) is 43.0 Å². The fourth-order valence-electron chi connectivity index (χ4n) is 2.29. The maximum Gasteiger partial charge on any atom is 0.196 e. The zero-order valence-electron chi connectivity index (χ0n) is 13.4. The molecule has 2 aromatic heterocycles. The first-order valence-electron chi connectivity index (χ1n) is 7.68. The molecule has 0 radical (unpaired) electrons. The fraction of sp³-hybridized carbons (Fsp3) is 0.625. The summed E-state index contributed by atoms with van der Waals surface area (Å²) in [7, 11) is 0. The fourth-order valence-corrected chi connectivity index (χ4v) is 3.00. The Morgan fingerprint density at radius 1 is 1.24 bits per heavy atom. The number of aromatic nitrogens is 2. The van der Waals surface area contributed by atoms with E-state index >= 15 is 0 Å². The van der Waals surface area contributed by atoms with E-state index in [1.54, 1.807) is 11.3 Å². The minimum absolute atomic E-state index is 0.648. The lowest BCUT2D eigenvalue weighted by molar-refractivity contribution is 0.111. The van der Waals surface area contributed by atoms with Crippen LogP contribution in [0.4, 0.5) is 5.82 Å². The van der Waals surface area contributed by atoms with Gasteiger partial charge >= 0.3 is 0 Å². The molecule has 2 rings (SSSR count). The SMILES string of the molecule is CC(C)CCN(CCC(C)C)c1nc2sccn2c1C=O. The summed E-state index contributed by atoms with van der Waals surface area (Å²) in [5.41, 5.74) is 0.679. The second-order valence-electron chi connectivity index (χ2n) is 6.35. The minimum atomic E-state index is 0.648. The topological polar surface area (TPSA) is 37.6 Å². The van der Waals surface area contributed by atoms with Crippen LogP contribution in [0, 0.1) is 11.8 Å². The quantitative estimate of drug-likeness (QED) is 0.689. The lowest BCUT2D eigenvalue weighted by atomic mass is 10.1. The van der Waals surface area contributed by atoms with Crippen molar-refractivity contribution < 1.29 is 4.79 Å². The van der Waals surface area contributed by atoms with E-state index < -0.39 is 0 Å². The van der Waals surface area contributed by atoms with Crippen LogP contribution in [0.1, 0.15) is 51.0 Å². The van der Waals surface area contributed by atoms with Crippen molar-refractivity contribution in [3.8, 4) is 0 Å². The van der Waals surface area contributed by atoms with Gasteiger partial charge in [0.2, 0.25) is 0 Å². The molecule has 0 aliphatic rings. The third kappa shape index (κ3) is 3.84. The maximum atomic E-state index is 11.5. The molecule has 0 aromatic carbocycles. The summed E-state index contributed by atoms with van der Waals surface area (Å²) in [4.78, 5) is 19.3. The Hall–Kier alpha value is -1.36. The molecule has 0 atom stereocenters. The molecular formula is C16H25N3OS. The molecule has 0 fully saturated rings. The number of fused-ring (bicyclic) bond motifs is 1. The van der Waals surface area contributed by atoms with Crippen molar-refractivity contribution in [1.29, 1.82) is 0 Å². The molecule has 5 heteroatoms. The van der Waals surface area contributed by atoms with Gasteiger partial charge in [-0.05, 0) is 24.7 Å². The molecule has 0 bridgehead atoms. The largest absolute Gasteiger partial charge is 0.355 e. The molecule has 2 aromatic rings. The van der Waals surface area contributed by atoms with Crippen molar-refractivity contribution >= 4 is 28.4 Å². The van der Waals surface area contributed by atoms with Crippen LogP contribution >= 0.6 is 11.3 Å². The lowest BCUT2D eigenvalue weighted by Crippen LogP contribution is -2.28. The number of imidazole rings is 1. The monoisotopic (exact) mass is 307 g/mol. The Bertz CT molecular complexity index is 573. The second-order valence-corrected chi connectivity index (χ2v) is 7.22. The molecule has 0 saturated heterocycles. The third-order valence-electron chi connectivity index (χ3n) is 3.64. The first-order chi connectivity index (χ1) is 10.0. The molecule has 116 valence electrons. The number of hydrogen-bond acceptors (Lipinski definition) is 4. The Balaban J connectivity index is 2.27. The van der Waals surface area contributed by atoms with Gasteiger partial charge in [-0.15, -0.1) is 11.3 Å². The van der Waals surface area contributed by atoms with Crippen LogP contribution in [0.15, 0.2) is 11.6 Å². The van der Waals surface area contributed by atoms with Gasteiger partial charge in [-0.1, -0.05) is 27.7 Å². The van der Waals surface area contributed by atoms with Crippen LogP contribution in [0.3, 0.4) is 0 Å². The number of thiazole rings is 1. The lowest BCUT2D eigenvalue weighted by Gasteiger charge is -2.24. The second kappa shape index (κ2) is 7.07. The van der Waals surface area contributed by atoms with E-state index in [2.05, 4.69) is 37.6 Å². The highest BCUT2D eigenvalue weighted by molar-refractivity contribution is 7.15. The predicted molar refractivity (Wildman–Crippen MR) is 89.6 cm³/mol. The number of hydrogen-bond donors (Lipinski definition) is 0.